The van der Waals surface area contributed by atoms with E-state index in [1.54, 1.807) is 12.1 Å². The summed E-state index contributed by atoms with van der Waals surface area (Å²) in [5.41, 5.74) is 8.21. The number of carbonyl (C=O) groups is 1. The summed E-state index contributed by atoms with van der Waals surface area (Å²) in [5, 5.41) is 3.41. The molecular weight excluding hydrogens is 354 g/mol. The van der Waals surface area contributed by atoms with Gasteiger partial charge < -0.3 is 20.7 Å². The molecule has 2 heterocycles. The molecule has 1 amide bonds. The number of hydrogen-bond donors (Lipinski definition) is 2. The largest absolute Gasteiger partial charge is 0.379 e. The molecule has 1 fully saturated rings. The van der Waals surface area contributed by atoms with Crippen molar-refractivity contribution in [2.75, 3.05) is 35.7 Å². The quantitative estimate of drug-likeness (QED) is 0.856. The highest BCUT2D eigenvalue weighted by atomic mass is 35.5. The Kier molecular flexibility index (Phi) is 5.58. The van der Waals surface area contributed by atoms with E-state index in [0.29, 0.717) is 23.9 Å². The van der Waals surface area contributed by atoms with Gasteiger partial charge in [0.05, 0.1) is 12.6 Å². The predicted molar refractivity (Wildman–Crippen MR) is 102 cm³/mol. The summed E-state index contributed by atoms with van der Waals surface area (Å²) < 4.78 is 5.79. The Morgan fingerprint density at radius 2 is 2.19 bits per heavy atom. The topological polar surface area (TPSA) is 93.4 Å². The van der Waals surface area contributed by atoms with Gasteiger partial charge in [-0.1, -0.05) is 11.6 Å². The summed E-state index contributed by atoms with van der Waals surface area (Å²) >= 11 is 6.48. The lowest BCUT2D eigenvalue weighted by Crippen LogP contribution is -2.32. The molecular formula is C18H22ClN5O2. The molecule has 1 atom stereocenters. The van der Waals surface area contributed by atoms with Crippen molar-refractivity contribution >= 4 is 35.0 Å². The molecule has 0 spiro atoms. The number of aromatic nitrogens is 2. The highest BCUT2D eigenvalue weighted by Gasteiger charge is 2.27. The van der Waals surface area contributed by atoms with Gasteiger partial charge in [0.25, 0.3) is 0 Å². The third kappa shape index (κ3) is 4.23. The second-order valence-electron chi connectivity index (χ2n) is 6.28. The maximum Gasteiger partial charge on any atom is 0.222 e. The van der Waals surface area contributed by atoms with Gasteiger partial charge in [0, 0.05) is 42.5 Å². The lowest BCUT2D eigenvalue weighted by atomic mass is 10.0. The second-order valence-corrected chi connectivity index (χ2v) is 6.69. The van der Waals surface area contributed by atoms with Crippen molar-refractivity contribution in [1.29, 1.82) is 0 Å². The Labute approximate surface area is 157 Å². The number of nitrogens with zero attached hydrogens (tertiary/aromatic N) is 3. The number of halogens is 1. The van der Waals surface area contributed by atoms with E-state index in [0.717, 1.165) is 30.0 Å². The van der Waals surface area contributed by atoms with Crippen LogP contribution in [0.3, 0.4) is 0 Å². The number of amides is 1. The maximum absolute atomic E-state index is 11.4. The predicted octanol–water partition coefficient (Wildman–Crippen LogP) is 2.95. The minimum atomic E-state index is -0.146. The first-order valence-electron chi connectivity index (χ1n) is 8.46. The summed E-state index contributed by atoms with van der Waals surface area (Å²) in [6.07, 6.45) is 0.864. The second kappa shape index (κ2) is 7.88. The van der Waals surface area contributed by atoms with Crippen LogP contribution in [0.4, 0.5) is 17.5 Å². The van der Waals surface area contributed by atoms with Crippen molar-refractivity contribution in [3.8, 4) is 0 Å². The molecule has 0 bridgehead atoms. The van der Waals surface area contributed by atoms with Gasteiger partial charge in [-0.3, -0.25) is 4.79 Å². The summed E-state index contributed by atoms with van der Waals surface area (Å²) in [7, 11) is 0. The van der Waals surface area contributed by atoms with E-state index < -0.39 is 0 Å². The Morgan fingerprint density at radius 3 is 2.92 bits per heavy atom. The molecule has 1 aromatic carbocycles. The number of aryl methyl sites for hydroxylation is 1. The van der Waals surface area contributed by atoms with Gasteiger partial charge in [0.1, 0.15) is 5.82 Å². The molecule has 0 saturated carbocycles. The number of hydrogen-bond acceptors (Lipinski definition) is 6. The first-order chi connectivity index (χ1) is 12.4. The molecule has 0 radical (unpaired) electrons. The molecule has 0 aliphatic carbocycles. The number of nitrogen functional groups attached to an aromatic ring is 1. The van der Waals surface area contributed by atoms with Crippen LogP contribution in [0, 0.1) is 6.92 Å². The summed E-state index contributed by atoms with van der Waals surface area (Å²) in [4.78, 5) is 22.1. The first-order valence-corrected chi connectivity index (χ1v) is 8.84. The molecule has 7 nitrogen and oxygen atoms in total. The molecule has 1 aromatic heterocycles. The van der Waals surface area contributed by atoms with Crippen LogP contribution in [0.5, 0.6) is 0 Å². The maximum atomic E-state index is 11.4. The number of rotatable bonds is 3. The Bertz CT molecular complexity index is 794. The van der Waals surface area contributed by atoms with Crippen molar-refractivity contribution in [1.82, 2.24) is 9.97 Å². The smallest absolute Gasteiger partial charge is 0.222 e. The highest BCUT2D eigenvalue weighted by Crippen LogP contribution is 2.34. The molecule has 8 heteroatoms. The summed E-state index contributed by atoms with van der Waals surface area (Å²) in [5.74, 6) is 0.847. The van der Waals surface area contributed by atoms with E-state index in [1.165, 1.54) is 6.92 Å². The van der Waals surface area contributed by atoms with Gasteiger partial charge in [-0.05, 0) is 37.1 Å². The average molecular weight is 376 g/mol. The van der Waals surface area contributed by atoms with Crippen LogP contribution in [0.2, 0.25) is 5.02 Å². The Morgan fingerprint density at radius 1 is 1.38 bits per heavy atom. The van der Waals surface area contributed by atoms with Crippen molar-refractivity contribution in [3.05, 3.63) is 40.5 Å². The standard InChI is InChI=1S/C18H22ClN5O2/c1-11-8-17(23-18(20)21-11)24-6-3-7-26-10-16(24)14-9-13(22-12(2)25)4-5-15(14)19/h4-5,8-9,16H,3,6-7,10H2,1-2H3,(H,22,25)(H2,20,21,23). The van der Waals surface area contributed by atoms with Crippen molar-refractivity contribution < 1.29 is 9.53 Å². The van der Waals surface area contributed by atoms with Crippen LogP contribution in [0.25, 0.3) is 0 Å². The molecule has 26 heavy (non-hydrogen) atoms. The number of benzene rings is 1. The van der Waals surface area contributed by atoms with E-state index in [1.807, 2.05) is 19.1 Å². The van der Waals surface area contributed by atoms with E-state index >= 15 is 0 Å². The van der Waals surface area contributed by atoms with Crippen LogP contribution < -0.4 is 16.0 Å². The zero-order valence-electron chi connectivity index (χ0n) is 14.8. The number of ether oxygens (including phenoxy) is 1. The average Bonchev–Trinajstić information content (AvgIpc) is 2.81. The molecule has 1 aliphatic rings. The molecule has 3 N–H and O–H groups in total. The van der Waals surface area contributed by atoms with E-state index in [9.17, 15) is 4.79 Å². The number of anilines is 3. The van der Waals surface area contributed by atoms with E-state index in [2.05, 4.69) is 20.2 Å². The van der Waals surface area contributed by atoms with Crippen LogP contribution in [-0.4, -0.2) is 35.6 Å². The summed E-state index contributed by atoms with van der Waals surface area (Å²) in [6, 6.07) is 7.20. The number of carbonyl (C=O) groups excluding carboxylic acids is 1. The fourth-order valence-electron chi connectivity index (χ4n) is 3.11. The third-order valence-electron chi connectivity index (χ3n) is 4.17. The molecule has 1 saturated heterocycles. The highest BCUT2D eigenvalue weighted by molar-refractivity contribution is 6.31. The lowest BCUT2D eigenvalue weighted by Gasteiger charge is -2.31. The monoisotopic (exact) mass is 375 g/mol. The third-order valence-corrected chi connectivity index (χ3v) is 4.51. The van der Waals surface area contributed by atoms with Gasteiger partial charge in [-0.2, -0.15) is 4.98 Å². The summed E-state index contributed by atoms with van der Waals surface area (Å²) in [6.45, 7) is 5.24. The van der Waals surface area contributed by atoms with Crippen LogP contribution >= 0.6 is 11.6 Å². The van der Waals surface area contributed by atoms with Gasteiger partial charge in [-0.15, -0.1) is 0 Å². The Balaban J connectivity index is 2.03. The number of nitrogens with two attached hydrogens (primary N) is 1. The van der Waals surface area contributed by atoms with Gasteiger partial charge in [-0.25, -0.2) is 4.98 Å². The molecule has 3 rings (SSSR count). The van der Waals surface area contributed by atoms with E-state index in [-0.39, 0.29) is 17.9 Å². The minimum Gasteiger partial charge on any atom is -0.379 e. The van der Waals surface area contributed by atoms with Crippen molar-refractivity contribution in [2.45, 2.75) is 26.3 Å². The fraction of sp³-hybridized carbons (Fsp3) is 0.389. The first kappa shape index (κ1) is 18.4. The normalized spacial score (nSPS) is 17.7. The van der Waals surface area contributed by atoms with Gasteiger partial charge >= 0.3 is 0 Å². The molecule has 1 aliphatic heterocycles. The fourth-order valence-corrected chi connectivity index (χ4v) is 3.35. The zero-order chi connectivity index (χ0) is 18.7. The van der Waals surface area contributed by atoms with Crippen LogP contribution in [-0.2, 0) is 9.53 Å². The van der Waals surface area contributed by atoms with Crippen molar-refractivity contribution in [2.24, 2.45) is 0 Å². The van der Waals surface area contributed by atoms with Crippen LogP contribution in [0.15, 0.2) is 24.3 Å². The molecule has 138 valence electrons. The van der Waals surface area contributed by atoms with Crippen molar-refractivity contribution in [3.63, 3.8) is 0 Å². The number of nitrogens with one attached hydrogen (secondary N) is 1. The van der Waals surface area contributed by atoms with Crippen LogP contribution in [0.1, 0.15) is 30.6 Å². The Hall–Kier alpha value is -2.38. The lowest BCUT2D eigenvalue weighted by molar-refractivity contribution is -0.114. The van der Waals surface area contributed by atoms with Gasteiger partial charge in [0.2, 0.25) is 11.9 Å². The molecule has 1 unspecified atom stereocenters. The van der Waals surface area contributed by atoms with E-state index in [4.69, 9.17) is 22.1 Å². The minimum absolute atomic E-state index is 0.133. The zero-order valence-corrected chi connectivity index (χ0v) is 15.6. The van der Waals surface area contributed by atoms with Gasteiger partial charge in [0.15, 0.2) is 0 Å². The molecule has 2 aromatic rings. The SMILES string of the molecule is CC(=O)Nc1ccc(Cl)c(C2COCCCN2c2cc(C)nc(N)n2)c1.